The highest BCUT2D eigenvalue weighted by Crippen LogP contribution is 2.27. The molecular weight excluding hydrogens is 439 g/mol. The molecule has 6 heteroatoms. The zero-order valence-corrected chi connectivity index (χ0v) is 20.6. The lowest BCUT2D eigenvalue weighted by Crippen LogP contribution is -2.02. The summed E-state index contributed by atoms with van der Waals surface area (Å²) in [7, 11) is 0. The number of hydrogen-bond donors (Lipinski definition) is 2. The molecule has 2 aromatic heterocycles. The molecule has 0 radical (unpaired) electrons. The summed E-state index contributed by atoms with van der Waals surface area (Å²) in [4.78, 5) is 11.9. The minimum Gasteiger partial charge on any atom is -0.493 e. The lowest BCUT2D eigenvalue weighted by Gasteiger charge is -2.12. The van der Waals surface area contributed by atoms with Crippen LogP contribution >= 0.6 is 0 Å². The van der Waals surface area contributed by atoms with Crippen LogP contribution in [0.25, 0.3) is 22.0 Å². The van der Waals surface area contributed by atoms with Gasteiger partial charge in [0.1, 0.15) is 24.6 Å². The molecule has 0 spiro atoms. The second kappa shape index (κ2) is 12.3. The second-order valence-electron chi connectivity index (χ2n) is 7.64. The number of benzene rings is 2. The van der Waals surface area contributed by atoms with Crippen molar-refractivity contribution in [1.82, 2.24) is 15.0 Å². The molecule has 2 heterocycles. The monoisotopic (exact) mass is 470 g/mol. The highest BCUT2D eigenvalue weighted by Gasteiger charge is 2.08. The van der Waals surface area contributed by atoms with E-state index in [4.69, 9.17) is 4.74 Å². The van der Waals surface area contributed by atoms with Crippen molar-refractivity contribution in [2.45, 2.75) is 34.3 Å². The molecule has 4 rings (SSSR count). The maximum Gasteiger partial charge on any atom is 0.141 e. The fourth-order valence-corrected chi connectivity index (χ4v) is 3.39. The van der Waals surface area contributed by atoms with Crippen molar-refractivity contribution in [2.24, 2.45) is 0 Å². The first-order chi connectivity index (χ1) is 17.0. The molecule has 0 atom stereocenters. The number of hydrogen-bond acceptors (Lipinski definition) is 4. The lowest BCUT2D eigenvalue weighted by atomic mass is 10.1. The molecule has 0 aliphatic rings. The number of allylic oxidation sites excluding steroid dienone is 4. The zero-order chi connectivity index (χ0) is 25.2. The number of nitrogens with one attached hydrogen (secondary N) is 2. The minimum atomic E-state index is -0.274. The summed E-state index contributed by atoms with van der Waals surface area (Å²) in [6.45, 7) is 12.1. The van der Waals surface area contributed by atoms with Gasteiger partial charge in [-0.1, -0.05) is 38.6 Å². The molecule has 0 saturated carbocycles. The topological polar surface area (TPSA) is 62.8 Å². The highest BCUT2D eigenvalue weighted by molar-refractivity contribution is 5.93. The molecular formula is C29H31FN4O. The van der Waals surface area contributed by atoms with Crippen LogP contribution in [0.1, 0.15) is 33.3 Å². The third-order valence-corrected chi connectivity index (χ3v) is 5.32. The predicted octanol–water partition coefficient (Wildman–Crippen LogP) is 7.78. The Bertz CT molecular complexity index is 1340. The van der Waals surface area contributed by atoms with E-state index in [-0.39, 0.29) is 5.82 Å². The first-order valence-electron chi connectivity index (χ1n) is 11.6. The van der Waals surface area contributed by atoms with Gasteiger partial charge in [-0.05, 0) is 78.6 Å². The molecule has 0 unspecified atom stereocenters. The number of aromatic nitrogens is 3. The third-order valence-electron chi connectivity index (χ3n) is 5.32. The van der Waals surface area contributed by atoms with Crippen LogP contribution in [0.2, 0.25) is 0 Å². The van der Waals surface area contributed by atoms with Gasteiger partial charge in [0.05, 0.1) is 11.3 Å². The molecule has 35 heavy (non-hydrogen) atoms. The van der Waals surface area contributed by atoms with Crippen molar-refractivity contribution in [3.8, 4) is 11.1 Å². The normalized spacial score (nSPS) is 11.9. The molecule has 2 aromatic carbocycles. The van der Waals surface area contributed by atoms with E-state index in [2.05, 4.69) is 32.9 Å². The van der Waals surface area contributed by atoms with Gasteiger partial charge in [-0.15, -0.1) is 0 Å². The van der Waals surface area contributed by atoms with E-state index in [1.165, 1.54) is 18.5 Å². The molecule has 0 fully saturated rings. The van der Waals surface area contributed by atoms with E-state index < -0.39 is 0 Å². The van der Waals surface area contributed by atoms with Gasteiger partial charge < -0.3 is 15.0 Å². The number of fused-ring (bicyclic) bond motifs is 1. The van der Waals surface area contributed by atoms with Crippen LogP contribution in [0.3, 0.4) is 0 Å². The number of anilines is 1. The Labute approximate surface area is 206 Å². The summed E-state index contributed by atoms with van der Waals surface area (Å²) < 4.78 is 19.2. The van der Waals surface area contributed by atoms with Gasteiger partial charge in [0, 0.05) is 23.5 Å². The molecule has 5 nitrogen and oxygen atoms in total. The first-order valence-corrected chi connectivity index (χ1v) is 11.6. The lowest BCUT2D eigenvalue weighted by molar-refractivity contribution is 0.198. The number of ether oxygens (including phenoxy) is 1. The first kappa shape index (κ1) is 25.4. The van der Waals surface area contributed by atoms with E-state index in [9.17, 15) is 4.39 Å². The highest BCUT2D eigenvalue weighted by atomic mass is 19.1. The van der Waals surface area contributed by atoms with Gasteiger partial charge in [0.25, 0.3) is 0 Å². The summed E-state index contributed by atoms with van der Waals surface area (Å²) in [5.74, 6) is 1.15. The molecule has 4 aromatic rings. The van der Waals surface area contributed by atoms with Crippen LogP contribution in [-0.4, -0.2) is 15.0 Å². The van der Waals surface area contributed by atoms with Crippen LogP contribution in [0.5, 0.6) is 0 Å². The summed E-state index contributed by atoms with van der Waals surface area (Å²) in [6.07, 6.45) is 9.06. The predicted molar refractivity (Wildman–Crippen MR) is 142 cm³/mol. The van der Waals surface area contributed by atoms with Gasteiger partial charge in [-0.25, -0.2) is 14.4 Å². The SMILES string of the molecule is C=C/C(=C\C(C)=C(/C)OCc1cccc(F)c1)Nc1ncnc2ccc(-c3cc[nH]c3)cc12.CC. The Hall–Kier alpha value is -4.19. The van der Waals surface area contributed by atoms with E-state index in [1.807, 2.05) is 70.4 Å². The fraction of sp³-hybridized carbons (Fsp3) is 0.172. The summed E-state index contributed by atoms with van der Waals surface area (Å²) in [5, 5.41) is 4.26. The Balaban J connectivity index is 0.00000167. The Kier molecular flexibility index (Phi) is 8.95. The van der Waals surface area contributed by atoms with Gasteiger partial charge in [-0.2, -0.15) is 0 Å². The van der Waals surface area contributed by atoms with Crippen molar-refractivity contribution in [1.29, 1.82) is 0 Å². The van der Waals surface area contributed by atoms with Crippen LogP contribution in [0, 0.1) is 5.82 Å². The van der Waals surface area contributed by atoms with Crippen LogP contribution in [0.15, 0.2) is 103 Å². The van der Waals surface area contributed by atoms with Crippen LogP contribution in [0.4, 0.5) is 10.2 Å². The van der Waals surface area contributed by atoms with Crippen molar-refractivity contribution >= 4 is 16.7 Å². The third kappa shape index (κ3) is 6.67. The fourth-order valence-electron chi connectivity index (χ4n) is 3.39. The summed E-state index contributed by atoms with van der Waals surface area (Å²) >= 11 is 0. The minimum absolute atomic E-state index is 0.274. The zero-order valence-electron chi connectivity index (χ0n) is 20.6. The Morgan fingerprint density at radius 2 is 1.91 bits per heavy atom. The number of H-pyrrole nitrogens is 1. The maximum absolute atomic E-state index is 13.4. The molecule has 0 aliphatic heterocycles. The van der Waals surface area contributed by atoms with Crippen molar-refractivity contribution in [3.05, 3.63) is 114 Å². The summed E-state index contributed by atoms with van der Waals surface area (Å²) in [6, 6.07) is 14.5. The number of aromatic amines is 1. The van der Waals surface area contributed by atoms with Gasteiger partial charge in [-0.3, -0.25) is 0 Å². The molecule has 0 saturated heterocycles. The van der Waals surface area contributed by atoms with E-state index in [0.717, 1.165) is 44.6 Å². The Morgan fingerprint density at radius 1 is 1.09 bits per heavy atom. The van der Waals surface area contributed by atoms with Crippen LogP contribution < -0.4 is 5.32 Å². The summed E-state index contributed by atoms with van der Waals surface area (Å²) in [5.41, 5.74) is 5.48. The largest absolute Gasteiger partial charge is 0.493 e. The standard InChI is InChI=1S/C27H25FN4O.C2H6/c1-4-24(12-18(2)19(3)33-16-20-6-5-7-23(28)13-20)32-27-25-14-21(22-10-11-29-15-22)8-9-26(25)30-17-31-27;1-2/h4-15,17,29H,1,16H2,2-3H3,(H,30,31,32);1-2H3/b19-18+,24-12+;. The van der Waals surface area contributed by atoms with E-state index in [0.29, 0.717) is 12.4 Å². The molecule has 0 aliphatic carbocycles. The van der Waals surface area contributed by atoms with Gasteiger partial charge >= 0.3 is 0 Å². The number of halogens is 1. The smallest absolute Gasteiger partial charge is 0.141 e. The average Bonchev–Trinajstić information content (AvgIpc) is 3.43. The number of rotatable bonds is 8. The number of nitrogens with zero attached hydrogens (tertiary/aromatic N) is 2. The maximum atomic E-state index is 13.4. The van der Waals surface area contributed by atoms with Crippen molar-refractivity contribution in [2.75, 3.05) is 5.32 Å². The van der Waals surface area contributed by atoms with Gasteiger partial charge in [0.2, 0.25) is 0 Å². The molecule has 0 bridgehead atoms. The second-order valence-corrected chi connectivity index (χ2v) is 7.64. The van der Waals surface area contributed by atoms with Crippen molar-refractivity contribution in [3.63, 3.8) is 0 Å². The molecule has 0 amide bonds. The average molecular weight is 471 g/mol. The molecule has 2 N–H and O–H groups in total. The van der Waals surface area contributed by atoms with Crippen molar-refractivity contribution < 1.29 is 9.13 Å². The quantitative estimate of drug-likeness (QED) is 0.204. The molecule has 180 valence electrons. The Morgan fingerprint density at radius 3 is 2.63 bits per heavy atom. The van der Waals surface area contributed by atoms with Gasteiger partial charge in [0.15, 0.2) is 0 Å². The van der Waals surface area contributed by atoms with E-state index in [1.54, 1.807) is 12.1 Å². The van der Waals surface area contributed by atoms with E-state index >= 15 is 0 Å². The van der Waals surface area contributed by atoms with Crippen LogP contribution in [-0.2, 0) is 11.3 Å².